The van der Waals surface area contributed by atoms with Gasteiger partial charge in [0.1, 0.15) is 40.1 Å². The van der Waals surface area contributed by atoms with Crippen molar-refractivity contribution in [3.63, 3.8) is 0 Å². The summed E-state index contributed by atoms with van der Waals surface area (Å²) < 4.78 is 17.7. The smallest absolute Gasteiger partial charge is 0.204 e. The van der Waals surface area contributed by atoms with E-state index in [4.69, 9.17) is 13.9 Å². The van der Waals surface area contributed by atoms with Crippen molar-refractivity contribution in [1.82, 2.24) is 0 Å². The number of phenols is 1. The molecule has 0 bridgehead atoms. The zero-order valence-electron chi connectivity index (χ0n) is 17.3. The fourth-order valence-electron chi connectivity index (χ4n) is 3.87. The van der Waals surface area contributed by atoms with Gasteiger partial charge in [-0.25, -0.2) is 0 Å². The standard InChI is InChI=1S/C25H22O5/c1-24(2)9-7-15-11-14(5-6-19(15)29-24)17-13-28-23-16-8-10-25(3,4)30-20(16)12-18(26)21(23)22(17)27/h5-13,26H,1-4H3. The predicted octanol–water partition coefficient (Wildman–Crippen LogP) is 5.53. The Morgan fingerprint density at radius 1 is 0.900 bits per heavy atom. The monoisotopic (exact) mass is 402 g/mol. The summed E-state index contributed by atoms with van der Waals surface area (Å²) in [6.07, 6.45) is 9.18. The molecular formula is C25H22O5. The normalized spacial score (nSPS) is 17.7. The topological polar surface area (TPSA) is 68.9 Å². The summed E-state index contributed by atoms with van der Waals surface area (Å²) in [5.41, 5.74) is 1.76. The molecule has 0 amide bonds. The molecule has 5 heteroatoms. The van der Waals surface area contributed by atoms with Crippen molar-refractivity contribution < 1.29 is 19.0 Å². The van der Waals surface area contributed by atoms with E-state index in [1.807, 2.05) is 70.2 Å². The number of benzene rings is 2. The maximum Gasteiger partial charge on any atom is 0.204 e. The van der Waals surface area contributed by atoms with E-state index < -0.39 is 5.60 Å². The minimum absolute atomic E-state index is 0.143. The van der Waals surface area contributed by atoms with Crippen LogP contribution in [-0.2, 0) is 0 Å². The van der Waals surface area contributed by atoms with Gasteiger partial charge in [0.25, 0.3) is 0 Å². The summed E-state index contributed by atoms with van der Waals surface area (Å²) in [6, 6.07) is 7.05. The molecule has 0 atom stereocenters. The minimum Gasteiger partial charge on any atom is -0.507 e. The molecule has 3 aromatic rings. The van der Waals surface area contributed by atoms with E-state index in [0.717, 1.165) is 11.3 Å². The van der Waals surface area contributed by atoms with E-state index in [-0.39, 0.29) is 22.2 Å². The van der Waals surface area contributed by atoms with Gasteiger partial charge in [-0.3, -0.25) is 4.79 Å². The molecule has 152 valence electrons. The highest BCUT2D eigenvalue weighted by Crippen LogP contribution is 2.40. The van der Waals surface area contributed by atoms with Crippen molar-refractivity contribution in [2.45, 2.75) is 38.9 Å². The largest absolute Gasteiger partial charge is 0.507 e. The van der Waals surface area contributed by atoms with Crippen molar-refractivity contribution in [2.24, 2.45) is 0 Å². The lowest BCUT2D eigenvalue weighted by Gasteiger charge is -2.28. The Morgan fingerprint density at radius 2 is 1.60 bits per heavy atom. The van der Waals surface area contributed by atoms with Crippen molar-refractivity contribution >= 4 is 23.1 Å². The van der Waals surface area contributed by atoms with E-state index in [0.29, 0.717) is 28.0 Å². The van der Waals surface area contributed by atoms with Crippen LogP contribution in [0.1, 0.15) is 38.8 Å². The summed E-state index contributed by atoms with van der Waals surface area (Å²) in [5, 5.41) is 10.7. The van der Waals surface area contributed by atoms with Crippen LogP contribution >= 0.6 is 0 Å². The highest BCUT2D eigenvalue weighted by Gasteiger charge is 2.27. The third-order valence-electron chi connectivity index (χ3n) is 5.41. The van der Waals surface area contributed by atoms with Crippen LogP contribution in [0.25, 0.3) is 34.2 Å². The number of hydrogen-bond acceptors (Lipinski definition) is 5. The fraction of sp³-hybridized carbons (Fsp3) is 0.240. The molecule has 2 aliphatic heterocycles. The summed E-state index contributed by atoms with van der Waals surface area (Å²) >= 11 is 0. The molecule has 0 fully saturated rings. The van der Waals surface area contributed by atoms with E-state index in [9.17, 15) is 9.90 Å². The first kappa shape index (κ1) is 18.6. The Balaban J connectivity index is 1.67. The lowest BCUT2D eigenvalue weighted by molar-refractivity contribution is 0.158. The van der Waals surface area contributed by atoms with Gasteiger partial charge in [-0.2, -0.15) is 0 Å². The lowest BCUT2D eigenvalue weighted by Crippen LogP contribution is -2.27. The van der Waals surface area contributed by atoms with Crippen LogP contribution in [-0.4, -0.2) is 16.3 Å². The van der Waals surface area contributed by atoms with E-state index in [1.165, 1.54) is 12.3 Å². The molecule has 30 heavy (non-hydrogen) atoms. The SMILES string of the molecule is CC1(C)C=Cc2cc(-c3coc4c5c(cc(O)c4c3=O)OC(C)(C)C=C5)ccc2O1. The number of aromatic hydroxyl groups is 1. The number of hydrogen-bond donors (Lipinski definition) is 1. The molecule has 5 nitrogen and oxygen atoms in total. The molecule has 0 unspecified atom stereocenters. The molecule has 2 aromatic carbocycles. The van der Waals surface area contributed by atoms with E-state index >= 15 is 0 Å². The maximum atomic E-state index is 13.3. The Bertz CT molecular complexity index is 1320. The van der Waals surface area contributed by atoms with E-state index in [2.05, 4.69) is 0 Å². The van der Waals surface area contributed by atoms with Gasteiger partial charge in [-0.15, -0.1) is 0 Å². The number of phenolic OH excluding ortho intramolecular Hbond substituents is 1. The zero-order chi connectivity index (χ0) is 21.3. The first-order valence-electron chi connectivity index (χ1n) is 9.86. The molecule has 1 aromatic heterocycles. The Morgan fingerprint density at radius 3 is 2.37 bits per heavy atom. The van der Waals surface area contributed by atoms with Gasteiger partial charge in [0, 0.05) is 11.6 Å². The Labute approximate surface area is 173 Å². The molecule has 0 radical (unpaired) electrons. The highest BCUT2D eigenvalue weighted by atomic mass is 16.5. The summed E-state index contributed by atoms with van der Waals surface area (Å²) in [7, 11) is 0. The van der Waals surface area contributed by atoms with Crippen LogP contribution in [0.4, 0.5) is 0 Å². The quantitative estimate of drug-likeness (QED) is 0.579. The third kappa shape index (κ3) is 2.89. The first-order valence-corrected chi connectivity index (χ1v) is 9.86. The number of fused-ring (bicyclic) bond motifs is 4. The average molecular weight is 402 g/mol. The number of ether oxygens (including phenoxy) is 2. The van der Waals surface area contributed by atoms with Gasteiger partial charge < -0.3 is 19.0 Å². The summed E-state index contributed by atoms with van der Waals surface area (Å²) in [5.74, 6) is 1.09. The van der Waals surface area contributed by atoms with Gasteiger partial charge in [-0.05, 0) is 63.6 Å². The van der Waals surface area contributed by atoms with Crippen LogP contribution in [0.3, 0.4) is 0 Å². The van der Waals surface area contributed by atoms with Gasteiger partial charge in [-0.1, -0.05) is 12.1 Å². The molecule has 0 aliphatic carbocycles. The van der Waals surface area contributed by atoms with Crippen LogP contribution in [0.15, 0.2) is 51.9 Å². The van der Waals surface area contributed by atoms with Crippen LogP contribution in [0.2, 0.25) is 0 Å². The van der Waals surface area contributed by atoms with E-state index in [1.54, 1.807) is 0 Å². The van der Waals surface area contributed by atoms with Crippen molar-refractivity contribution in [3.8, 4) is 28.4 Å². The number of rotatable bonds is 1. The van der Waals surface area contributed by atoms with Gasteiger partial charge in [0.2, 0.25) is 5.43 Å². The second-order valence-electron chi connectivity index (χ2n) is 8.82. The Hall–Kier alpha value is -3.47. The molecule has 3 heterocycles. The van der Waals surface area contributed by atoms with Gasteiger partial charge in [0.15, 0.2) is 5.58 Å². The molecular weight excluding hydrogens is 380 g/mol. The lowest BCUT2D eigenvalue weighted by atomic mass is 9.96. The first-order chi connectivity index (χ1) is 14.1. The second kappa shape index (κ2) is 6.02. The molecule has 2 aliphatic rings. The average Bonchev–Trinajstić information content (AvgIpc) is 2.66. The zero-order valence-corrected chi connectivity index (χ0v) is 17.3. The van der Waals surface area contributed by atoms with Crippen LogP contribution in [0.5, 0.6) is 17.2 Å². The Kier molecular flexibility index (Phi) is 3.72. The molecule has 0 spiro atoms. The molecule has 0 saturated heterocycles. The third-order valence-corrected chi connectivity index (χ3v) is 5.41. The van der Waals surface area contributed by atoms with Crippen LogP contribution < -0.4 is 14.9 Å². The molecule has 0 saturated carbocycles. The van der Waals surface area contributed by atoms with Crippen molar-refractivity contribution in [1.29, 1.82) is 0 Å². The molecule has 5 rings (SSSR count). The van der Waals surface area contributed by atoms with Crippen molar-refractivity contribution in [2.75, 3.05) is 0 Å². The summed E-state index contributed by atoms with van der Waals surface area (Å²) in [6.45, 7) is 7.81. The second-order valence-corrected chi connectivity index (χ2v) is 8.82. The maximum absolute atomic E-state index is 13.3. The summed E-state index contributed by atoms with van der Waals surface area (Å²) in [4.78, 5) is 13.3. The fourth-order valence-corrected chi connectivity index (χ4v) is 3.87. The predicted molar refractivity (Wildman–Crippen MR) is 117 cm³/mol. The molecule has 1 N–H and O–H groups in total. The van der Waals surface area contributed by atoms with Crippen molar-refractivity contribution in [3.05, 3.63) is 64.0 Å². The van der Waals surface area contributed by atoms with Gasteiger partial charge in [0.05, 0.1) is 11.1 Å². The van der Waals surface area contributed by atoms with Crippen LogP contribution in [0, 0.1) is 0 Å². The van der Waals surface area contributed by atoms with Gasteiger partial charge >= 0.3 is 0 Å². The highest BCUT2D eigenvalue weighted by molar-refractivity contribution is 5.95. The minimum atomic E-state index is -0.499.